The molecule has 2 rings (SSSR count). The second-order valence-electron chi connectivity index (χ2n) is 8.41. The topological polar surface area (TPSA) is 35.5 Å². The molecule has 4 atom stereocenters. The highest BCUT2D eigenvalue weighted by atomic mass is 16.3. The van der Waals surface area contributed by atoms with Gasteiger partial charge in [0.1, 0.15) is 0 Å². The first-order valence-electron chi connectivity index (χ1n) is 8.42. The number of likely N-dealkylation sites (tertiary alicyclic amines) is 1. The molecule has 1 aliphatic carbocycles. The van der Waals surface area contributed by atoms with Gasteiger partial charge in [0.15, 0.2) is 0 Å². The summed E-state index contributed by atoms with van der Waals surface area (Å²) < 4.78 is 0. The third kappa shape index (κ3) is 4.71. The first-order valence-corrected chi connectivity index (χ1v) is 8.42. The zero-order valence-electron chi connectivity index (χ0n) is 14.0. The minimum atomic E-state index is -0.192. The number of piperidine rings is 1. The summed E-state index contributed by atoms with van der Waals surface area (Å²) in [7, 11) is 0. The predicted octanol–water partition coefficient (Wildman–Crippen LogP) is 2.49. The van der Waals surface area contributed by atoms with E-state index in [0.717, 1.165) is 32.0 Å². The van der Waals surface area contributed by atoms with E-state index in [4.69, 9.17) is 0 Å². The lowest BCUT2D eigenvalue weighted by Crippen LogP contribution is -2.55. The van der Waals surface area contributed by atoms with Crippen LogP contribution in [0.25, 0.3) is 0 Å². The van der Waals surface area contributed by atoms with Crippen molar-refractivity contribution in [2.75, 3.05) is 19.6 Å². The second-order valence-corrected chi connectivity index (χ2v) is 8.41. The van der Waals surface area contributed by atoms with Crippen molar-refractivity contribution in [3.63, 3.8) is 0 Å². The highest BCUT2D eigenvalue weighted by Gasteiger charge is 2.37. The summed E-state index contributed by atoms with van der Waals surface area (Å²) in [4.78, 5) is 2.62. The van der Waals surface area contributed by atoms with Crippen LogP contribution in [0.15, 0.2) is 0 Å². The van der Waals surface area contributed by atoms with Crippen LogP contribution in [0.5, 0.6) is 0 Å². The lowest BCUT2D eigenvalue weighted by Gasteiger charge is -2.43. The Hall–Kier alpha value is -0.120. The van der Waals surface area contributed by atoms with Crippen LogP contribution >= 0.6 is 0 Å². The zero-order chi connectivity index (χ0) is 14.9. The van der Waals surface area contributed by atoms with Crippen molar-refractivity contribution in [3.8, 4) is 0 Å². The Bertz CT molecular complexity index is 307. The molecule has 1 aliphatic heterocycles. The normalized spacial score (nSPS) is 32.1. The molecule has 1 heterocycles. The molecule has 0 aromatic heterocycles. The van der Waals surface area contributed by atoms with E-state index < -0.39 is 0 Å². The number of hydrogen-bond acceptors (Lipinski definition) is 3. The summed E-state index contributed by atoms with van der Waals surface area (Å²) in [5, 5.41) is 13.8. The molecule has 4 unspecified atom stereocenters. The Morgan fingerprint density at radius 3 is 2.30 bits per heavy atom. The quantitative estimate of drug-likeness (QED) is 0.813. The zero-order valence-corrected chi connectivity index (χ0v) is 14.0. The molecule has 0 aromatic carbocycles. The van der Waals surface area contributed by atoms with E-state index >= 15 is 0 Å². The van der Waals surface area contributed by atoms with Gasteiger partial charge in [0.25, 0.3) is 0 Å². The first-order chi connectivity index (χ1) is 9.26. The summed E-state index contributed by atoms with van der Waals surface area (Å²) in [5.74, 6) is 1.33. The maximum absolute atomic E-state index is 10.0. The van der Waals surface area contributed by atoms with Gasteiger partial charge in [-0.1, -0.05) is 20.8 Å². The van der Waals surface area contributed by atoms with Gasteiger partial charge in [-0.25, -0.2) is 0 Å². The van der Waals surface area contributed by atoms with Gasteiger partial charge in [-0.3, -0.25) is 4.90 Å². The molecule has 0 spiro atoms. The molecule has 118 valence electrons. The smallest absolute Gasteiger partial charge is 0.0553 e. The highest BCUT2D eigenvalue weighted by Crippen LogP contribution is 2.37. The SMILES string of the molecule is CC(O)C1CC(NCC(C)(C)C)CN(C(C)C2CC2)C1. The van der Waals surface area contributed by atoms with Crippen LogP contribution in [0.3, 0.4) is 0 Å². The van der Waals surface area contributed by atoms with Crippen LogP contribution in [0, 0.1) is 17.3 Å². The van der Waals surface area contributed by atoms with E-state index in [9.17, 15) is 5.11 Å². The van der Waals surface area contributed by atoms with E-state index in [-0.39, 0.29) is 6.10 Å². The van der Waals surface area contributed by atoms with Gasteiger partial charge in [0.2, 0.25) is 0 Å². The van der Waals surface area contributed by atoms with Crippen molar-refractivity contribution >= 4 is 0 Å². The first kappa shape index (κ1) is 16.3. The Balaban J connectivity index is 1.93. The minimum absolute atomic E-state index is 0.192. The number of nitrogens with zero attached hydrogens (tertiary/aromatic N) is 1. The van der Waals surface area contributed by atoms with Crippen LogP contribution < -0.4 is 5.32 Å². The van der Waals surface area contributed by atoms with Gasteiger partial charge in [0.05, 0.1) is 6.10 Å². The average Bonchev–Trinajstić information content (AvgIpc) is 3.18. The van der Waals surface area contributed by atoms with Crippen LogP contribution in [0.4, 0.5) is 0 Å². The number of hydrogen-bond donors (Lipinski definition) is 2. The van der Waals surface area contributed by atoms with Crippen molar-refractivity contribution in [3.05, 3.63) is 0 Å². The van der Waals surface area contributed by atoms with Crippen LogP contribution in [-0.2, 0) is 0 Å². The van der Waals surface area contributed by atoms with E-state index in [0.29, 0.717) is 23.4 Å². The van der Waals surface area contributed by atoms with E-state index in [1.807, 2.05) is 6.92 Å². The third-order valence-corrected chi connectivity index (χ3v) is 4.99. The van der Waals surface area contributed by atoms with Crippen LogP contribution in [-0.4, -0.2) is 47.8 Å². The molecule has 1 saturated carbocycles. The molecule has 2 aliphatic rings. The summed E-state index contributed by atoms with van der Waals surface area (Å²) in [6, 6.07) is 1.22. The Morgan fingerprint density at radius 1 is 1.15 bits per heavy atom. The fourth-order valence-electron chi connectivity index (χ4n) is 3.33. The number of rotatable bonds is 5. The van der Waals surface area contributed by atoms with Crippen molar-refractivity contribution in [2.24, 2.45) is 17.3 Å². The highest BCUT2D eigenvalue weighted by molar-refractivity contribution is 4.93. The number of aliphatic hydroxyl groups excluding tert-OH is 1. The summed E-state index contributed by atoms with van der Waals surface area (Å²) in [6.45, 7) is 14.4. The van der Waals surface area contributed by atoms with Gasteiger partial charge < -0.3 is 10.4 Å². The predicted molar refractivity (Wildman–Crippen MR) is 84.8 cm³/mol. The van der Waals surface area contributed by atoms with E-state index in [2.05, 4.69) is 37.9 Å². The molecular formula is C17H34N2O. The van der Waals surface area contributed by atoms with E-state index in [1.165, 1.54) is 12.8 Å². The molecule has 1 saturated heterocycles. The van der Waals surface area contributed by atoms with Gasteiger partial charge in [-0.05, 0) is 50.4 Å². The molecule has 0 bridgehead atoms. The number of aliphatic hydroxyl groups is 1. The molecule has 20 heavy (non-hydrogen) atoms. The monoisotopic (exact) mass is 282 g/mol. The van der Waals surface area contributed by atoms with Crippen LogP contribution in [0.2, 0.25) is 0 Å². The van der Waals surface area contributed by atoms with Gasteiger partial charge in [0, 0.05) is 31.7 Å². The third-order valence-electron chi connectivity index (χ3n) is 4.99. The molecule has 3 heteroatoms. The largest absolute Gasteiger partial charge is 0.393 e. The minimum Gasteiger partial charge on any atom is -0.393 e. The summed E-state index contributed by atoms with van der Waals surface area (Å²) in [5.41, 5.74) is 0.324. The summed E-state index contributed by atoms with van der Waals surface area (Å²) >= 11 is 0. The fraction of sp³-hybridized carbons (Fsp3) is 1.00. The maximum atomic E-state index is 10.0. The fourth-order valence-corrected chi connectivity index (χ4v) is 3.33. The van der Waals surface area contributed by atoms with Crippen molar-refractivity contribution in [1.29, 1.82) is 0 Å². The Kier molecular flexibility index (Phi) is 5.14. The van der Waals surface area contributed by atoms with E-state index in [1.54, 1.807) is 0 Å². The van der Waals surface area contributed by atoms with Crippen LogP contribution in [0.1, 0.15) is 53.9 Å². The lowest BCUT2D eigenvalue weighted by atomic mass is 9.88. The lowest BCUT2D eigenvalue weighted by molar-refractivity contribution is 0.0266. The van der Waals surface area contributed by atoms with Gasteiger partial charge >= 0.3 is 0 Å². The van der Waals surface area contributed by atoms with Crippen molar-refractivity contribution < 1.29 is 5.11 Å². The molecule has 0 radical (unpaired) electrons. The second kappa shape index (κ2) is 6.33. The molecule has 0 amide bonds. The molecule has 2 N–H and O–H groups in total. The van der Waals surface area contributed by atoms with Crippen molar-refractivity contribution in [2.45, 2.75) is 72.1 Å². The Morgan fingerprint density at radius 2 is 1.80 bits per heavy atom. The molecular weight excluding hydrogens is 248 g/mol. The molecule has 0 aromatic rings. The Labute approximate surface area is 125 Å². The van der Waals surface area contributed by atoms with Gasteiger partial charge in [-0.15, -0.1) is 0 Å². The van der Waals surface area contributed by atoms with Gasteiger partial charge in [-0.2, -0.15) is 0 Å². The molecule has 3 nitrogen and oxygen atoms in total. The molecule has 2 fully saturated rings. The summed E-state index contributed by atoms with van der Waals surface area (Å²) in [6.07, 6.45) is 3.72. The average molecular weight is 282 g/mol. The maximum Gasteiger partial charge on any atom is 0.0553 e. The number of nitrogens with one attached hydrogen (secondary N) is 1. The van der Waals surface area contributed by atoms with Crippen molar-refractivity contribution in [1.82, 2.24) is 10.2 Å². The standard InChI is InChI=1S/C17H34N2O/c1-12(14-6-7-14)19-9-15(13(2)20)8-16(10-19)18-11-17(3,4)5/h12-16,18,20H,6-11H2,1-5H3.